The van der Waals surface area contributed by atoms with Crippen LogP contribution in [0.25, 0.3) is 0 Å². The van der Waals surface area contributed by atoms with E-state index in [1.807, 2.05) is 0 Å². The number of hydrogen-bond acceptors (Lipinski definition) is 3. The summed E-state index contributed by atoms with van der Waals surface area (Å²) >= 11 is 0. The van der Waals surface area contributed by atoms with Crippen molar-refractivity contribution in [2.24, 2.45) is 0 Å². The third kappa shape index (κ3) is 4.00. The maximum absolute atomic E-state index is 4.74. The van der Waals surface area contributed by atoms with Gasteiger partial charge in [0.25, 0.3) is 0 Å². The fourth-order valence-electron chi connectivity index (χ4n) is 1.87. The third-order valence-corrected chi connectivity index (χ3v) is 3.44. The van der Waals surface area contributed by atoms with Gasteiger partial charge in [-0.05, 0) is 18.9 Å². The highest BCUT2D eigenvalue weighted by Crippen LogP contribution is 2.26. The topological polar surface area (TPSA) is 37.8 Å². The van der Waals surface area contributed by atoms with Gasteiger partial charge in [-0.2, -0.15) is 0 Å². The molecule has 3 heteroatoms. The van der Waals surface area contributed by atoms with Crippen LogP contribution >= 0.6 is 0 Å². The highest BCUT2D eigenvalue weighted by atomic mass is 15.0. The van der Waals surface area contributed by atoms with Crippen LogP contribution in [0.15, 0.2) is 6.07 Å². The zero-order chi connectivity index (χ0) is 14.3. The fourth-order valence-corrected chi connectivity index (χ4v) is 1.87. The molecule has 0 atom stereocenters. The van der Waals surface area contributed by atoms with E-state index in [2.05, 4.69) is 52.9 Å². The maximum Gasteiger partial charge on any atom is 0.142 e. The molecule has 0 bridgehead atoms. The second-order valence-corrected chi connectivity index (χ2v) is 7.71. The summed E-state index contributed by atoms with van der Waals surface area (Å²) < 4.78 is 0. The number of nitrogens with zero attached hydrogens (tertiary/aromatic N) is 2. The Bertz CT molecular complexity index is 416. The quantitative estimate of drug-likeness (QED) is 0.907. The summed E-state index contributed by atoms with van der Waals surface area (Å²) in [6.45, 7) is 14.0. The molecule has 1 fully saturated rings. The zero-order valence-electron chi connectivity index (χ0n) is 13.2. The fraction of sp³-hybridized carbons (Fsp3) is 0.750. The minimum absolute atomic E-state index is 0.0667. The van der Waals surface area contributed by atoms with Crippen LogP contribution in [0.4, 0.5) is 0 Å². The van der Waals surface area contributed by atoms with Gasteiger partial charge in [0.05, 0.1) is 6.54 Å². The van der Waals surface area contributed by atoms with Gasteiger partial charge in [0, 0.05) is 28.3 Å². The van der Waals surface area contributed by atoms with E-state index >= 15 is 0 Å². The van der Waals surface area contributed by atoms with Gasteiger partial charge in [0.2, 0.25) is 0 Å². The Hall–Kier alpha value is -0.960. The normalized spacial score (nSPS) is 16.7. The second kappa shape index (κ2) is 4.86. The lowest BCUT2D eigenvalue weighted by molar-refractivity contribution is 0.523. The van der Waals surface area contributed by atoms with Crippen LogP contribution in [0.3, 0.4) is 0 Å². The van der Waals surface area contributed by atoms with Crippen LogP contribution in [-0.2, 0) is 17.4 Å². The van der Waals surface area contributed by atoms with Crippen molar-refractivity contribution in [1.29, 1.82) is 0 Å². The highest BCUT2D eigenvalue weighted by molar-refractivity contribution is 5.22. The first kappa shape index (κ1) is 14.4. The number of rotatable bonds is 3. The smallest absolute Gasteiger partial charge is 0.142 e. The SMILES string of the molecule is CC(C)(C)c1cc(C(C)(C)C)nc(CNC2CC2)n1. The Morgan fingerprint density at radius 1 is 1.00 bits per heavy atom. The first-order valence-corrected chi connectivity index (χ1v) is 7.28. The van der Waals surface area contributed by atoms with Crippen molar-refractivity contribution in [3.05, 3.63) is 23.3 Å². The van der Waals surface area contributed by atoms with Crippen molar-refractivity contribution in [3.8, 4) is 0 Å². The Morgan fingerprint density at radius 3 is 1.84 bits per heavy atom. The summed E-state index contributed by atoms with van der Waals surface area (Å²) in [5.74, 6) is 0.934. The first-order chi connectivity index (χ1) is 8.66. The minimum Gasteiger partial charge on any atom is -0.307 e. The second-order valence-electron chi connectivity index (χ2n) is 7.71. The van der Waals surface area contributed by atoms with E-state index in [1.54, 1.807) is 0 Å². The summed E-state index contributed by atoms with van der Waals surface area (Å²) in [4.78, 5) is 9.49. The van der Waals surface area contributed by atoms with Crippen molar-refractivity contribution in [3.63, 3.8) is 0 Å². The Kier molecular flexibility index (Phi) is 3.69. The summed E-state index contributed by atoms with van der Waals surface area (Å²) in [6.07, 6.45) is 2.59. The lowest BCUT2D eigenvalue weighted by Crippen LogP contribution is -2.24. The lowest BCUT2D eigenvalue weighted by atomic mass is 9.86. The van der Waals surface area contributed by atoms with E-state index in [4.69, 9.17) is 9.97 Å². The van der Waals surface area contributed by atoms with Crippen molar-refractivity contribution in [2.75, 3.05) is 0 Å². The van der Waals surface area contributed by atoms with Gasteiger partial charge in [-0.15, -0.1) is 0 Å². The zero-order valence-corrected chi connectivity index (χ0v) is 13.2. The lowest BCUT2D eigenvalue weighted by Gasteiger charge is -2.24. The molecule has 1 N–H and O–H groups in total. The largest absolute Gasteiger partial charge is 0.307 e. The molecule has 0 radical (unpaired) electrons. The molecule has 1 aromatic heterocycles. The molecule has 106 valence electrons. The molecule has 1 heterocycles. The third-order valence-electron chi connectivity index (χ3n) is 3.44. The van der Waals surface area contributed by atoms with Crippen LogP contribution < -0.4 is 5.32 Å². The standard InChI is InChI=1S/C16H27N3/c1-15(2,3)12-9-13(16(4,5)6)19-14(18-12)10-17-11-7-8-11/h9,11,17H,7-8,10H2,1-6H3. The molecule has 0 spiro atoms. The van der Waals surface area contributed by atoms with Crippen molar-refractivity contribution in [1.82, 2.24) is 15.3 Å². The Labute approximate surface area is 117 Å². The summed E-state index contributed by atoms with van der Waals surface area (Å²) in [5.41, 5.74) is 2.41. The molecule has 0 saturated heterocycles. The van der Waals surface area contributed by atoms with E-state index in [9.17, 15) is 0 Å². The van der Waals surface area contributed by atoms with Crippen LogP contribution in [0.2, 0.25) is 0 Å². The van der Waals surface area contributed by atoms with Crippen molar-refractivity contribution < 1.29 is 0 Å². The van der Waals surface area contributed by atoms with E-state index in [-0.39, 0.29) is 10.8 Å². The average molecular weight is 261 g/mol. The van der Waals surface area contributed by atoms with Gasteiger partial charge in [0.1, 0.15) is 5.82 Å². The predicted octanol–water partition coefficient (Wildman–Crippen LogP) is 3.32. The molecular weight excluding hydrogens is 234 g/mol. The van der Waals surface area contributed by atoms with Crippen molar-refractivity contribution >= 4 is 0 Å². The molecule has 0 aliphatic heterocycles. The van der Waals surface area contributed by atoms with Crippen LogP contribution in [0.1, 0.15) is 71.6 Å². The van der Waals surface area contributed by atoms with Crippen LogP contribution in [-0.4, -0.2) is 16.0 Å². The average Bonchev–Trinajstić information content (AvgIpc) is 3.07. The van der Waals surface area contributed by atoms with E-state index in [0.29, 0.717) is 6.04 Å². The minimum atomic E-state index is 0.0667. The van der Waals surface area contributed by atoms with Gasteiger partial charge >= 0.3 is 0 Å². The number of aromatic nitrogens is 2. The van der Waals surface area contributed by atoms with Gasteiger partial charge in [-0.1, -0.05) is 41.5 Å². The van der Waals surface area contributed by atoms with Gasteiger partial charge in [-0.25, -0.2) is 9.97 Å². The maximum atomic E-state index is 4.74. The summed E-state index contributed by atoms with van der Waals surface area (Å²) in [6, 6.07) is 2.86. The summed E-state index contributed by atoms with van der Waals surface area (Å²) in [7, 11) is 0. The first-order valence-electron chi connectivity index (χ1n) is 7.28. The molecule has 3 nitrogen and oxygen atoms in total. The van der Waals surface area contributed by atoms with Gasteiger partial charge in [0.15, 0.2) is 0 Å². The molecule has 1 aromatic rings. The highest BCUT2D eigenvalue weighted by Gasteiger charge is 2.24. The Morgan fingerprint density at radius 2 is 1.47 bits per heavy atom. The number of nitrogens with one attached hydrogen (secondary N) is 1. The monoisotopic (exact) mass is 261 g/mol. The van der Waals surface area contributed by atoms with Gasteiger partial charge in [-0.3, -0.25) is 0 Å². The summed E-state index contributed by atoms with van der Waals surface area (Å²) in [5, 5.41) is 3.51. The molecule has 1 saturated carbocycles. The van der Waals surface area contributed by atoms with Gasteiger partial charge < -0.3 is 5.32 Å². The Balaban J connectivity index is 2.30. The molecule has 1 aliphatic rings. The molecule has 0 unspecified atom stereocenters. The number of hydrogen-bond donors (Lipinski definition) is 1. The molecule has 0 amide bonds. The van der Waals surface area contributed by atoms with Crippen LogP contribution in [0, 0.1) is 0 Å². The van der Waals surface area contributed by atoms with E-state index in [0.717, 1.165) is 23.8 Å². The van der Waals surface area contributed by atoms with Crippen LogP contribution in [0.5, 0.6) is 0 Å². The predicted molar refractivity (Wildman–Crippen MR) is 79.3 cm³/mol. The molecule has 0 aromatic carbocycles. The van der Waals surface area contributed by atoms with Crippen molar-refractivity contribution in [2.45, 2.75) is 77.8 Å². The van der Waals surface area contributed by atoms with E-state index < -0.39 is 0 Å². The van der Waals surface area contributed by atoms with E-state index in [1.165, 1.54) is 12.8 Å². The molecular formula is C16H27N3. The molecule has 2 rings (SSSR count). The molecule has 1 aliphatic carbocycles. The molecule has 19 heavy (non-hydrogen) atoms.